The summed E-state index contributed by atoms with van der Waals surface area (Å²) in [6, 6.07) is 8.04. The molecule has 2 aromatic rings. The molecule has 0 saturated carbocycles. The van der Waals surface area contributed by atoms with Gasteiger partial charge in [0.25, 0.3) is 0 Å². The summed E-state index contributed by atoms with van der Waals surface area (Å²) >= 11 is 6.90. The Kier molecular flexibility index (Phi) is 4.63. The van der Waals surface area contributed by atoms with Crippen molar-refractivity contribution in [3.8, 4) is 11.6 Å². The molecule has 1 aromatic carbocycles. The highest BCUT2D eigenvalue weighted by molar-refractivity contribution is 9.10. The van der Waals surface area contributed by atoms with Crippen molar-refractivity contribution < 1.29 is 4.74 Å². The summed E-state index contributed by atoms with van der Waals surface area (Å²) in [6.07, 6.45) is 1.75. The van der Waals surface area contributed by atoms with E-state index in [4.69, 9.17) is 4.74 Å². The van der Waals surface area contributed by atoms with Gasteiger partial charge in [-0.05, 0) is 58.6 Å². The highest BCUT2D eigenvalue weighted by Gasteiger charge is 2.11. The first-order chi connectivity index (χ1) is 8.97. The van der Waals surface area contributed by atoms with Crippen LogP contribution in [0.5, 0.6) is 11.6 Å². The Balaban J connectivity index is 2.38. The van der Waals surface area contributed by atoms with Crippen molar-refractivity contribution in [3.05, 3.63) is 50.5 Å². The molecule has 2 rings (SSSR count). The zero-order valence-corrected chi connectivity index (χ0v) is 14.2. The molecule has 0 radical (unpaired) electrons. The van der Waals surface area contributed by atoms with E-state index in [-0.39, 0.29) is 0 Å². The van der Waals surface area contributed by atoms with Gasteiger partial charge in [0.05, 0.1) is 0 Å². The van der Waals surface area contributed by atoms with Crippen LogP contribution in [-0.4, -0.2) is 4.98 Å². The molecule has 0 aliphatic heterocycles. The van der Waals surface area contributed by atoms with Crippen molar-refractivity contribution >= 4 is 31.9 Å². The zero-order chi connectivity index (χ0) is 14.0. The van der Waals surface area contributed by atoms with E-state index in [1.54, 1.807) is 6.20 Å². The molecule has 0 atom stereocenters. The molecule has 1 aromatic heterocycles. The SMILES string of the molecule is Cc1cc(Br)cnc1Oc1ccc(Br)cc1C(C)C. The molecule has 19 heavy (non-hydrogen) atoms. The van der Waals surface area contributed by atoms with Gasteiger partial charge >= 0.3 is 0 Å². The quantitative estimate of drug-likeness (QED) is 0.663. The Morgan fingerprint density at radius 2 is 1.84 bits per heavy atom. The molecule has 2 nitrogen and oxygen atoms in total. The van der Waals surface area contributed by atoms with Crippen molar-refractivity contribution in [1.29, 1.82) is 0 Å². The van der Waals surface area contributed by atoms with Crippen molar-refractivity contribution in [2.75, 3.05) is 0 Å². The summed E-state index contributed by atoms with van der Waals surface area (Å²) in [5.41, 5.74) is 2.17. The van der Waals surface area contributed by atoms with Crippen LogP contribution in [0.2, 0.25) is 0 Å². The molecule has 100 valence electrons. The van der Waals surface area contributed by atoms with Crippen molar-refractivity contribution in [3.63, 3.8) is 0 Å². The van der Waals surface area contributed by atoms with Crippen LogP contribution in [0.1, 0.15) is 30.9 Å². The Hall–Kier alpha value is -0.870. The second kappa shape index (κ2) is 6.06. The molecule has 0 N–H and O–H groups in total. The minimum absolute atomic E-state index is 0.392. The lowest BCUT2D eigenvalue weighted by atomic mass is 10.0. The van der Waals surface area contributed by atoms with Crippen LogP contribution in [0.3, 0.4) is 0 Å². The number of aryl methyl sites for hydroxylation is 1. The summed E-state index contributed by atoms with van der Waals surface area (Å²) in [5, 5.41) is 0. The molecule has 0 unspecified atom stereocenters. The van der Waals surface area contributed by atoms with Gasteiger partial charge in [0.2, 0.25) is 5.88 Å². The third-order valence-electron chi connectivity index (χ3n) is 2.80. The van der Waals surface area contributed by atoms with E-state index in [0.29, 0.717) is 11.8 Å². The fourth-order valence-electron chi connectivity index (χ4n) is 1.80. The average Bonchev–Trinajstić information content (AvgIpc) is 2.34. The lowest BCUT2D eigenvalue weighted by Crippen LogP contribution is -1.97. The minimum atomic E-state index is 0.392. The lowest BCUT2D eigenvalue weighted by Gasteiger charge is -2.14. The maximum Gasteiger partial charge on any atom is 0.222 e. The standard InChI is InChI=1S/C15H15Br2NO/c1-9(2)13-7-11(16)4-5-14(13)19-15-10(3)6-12(17)8-18-15/h4-9H,1-3H3. The molecule has 0 bridgehead atoms. The smallest absolute Gasteiger partial charge is 0.222 e. The molecular formula is C15H15Br2NO. The van der Waals surface area contributed by atoms with Gasteiger partial charge < -0.3 is 4.74 Å². The number of halogens is 2. The zero-order valence-electron chi connectivity index (χ0n) is 11.1. The summed E-state index contributed by atoms with van der Waals surface area (Å²) in [7, 11) is 0. The third kappa shape index (κ3) is 3.57. The molecule has 0 aliphatic rings. The van der Waals surface area contributed by atoms with E-state index >= 15 is 0 Å². The molecular weight excluding hydrogens is 370 g/mol. The van der Waals surface area contributed by atoms with Gasteiger partial charge in [0, 0.05) is 20.7 Å². The predicted molar refractivity (Wildman–Crippen MR) is 85.0 cm³/mol. The van der Waals surface area contributed by atoms with Gasteiger partial charge in [-0.3, -0.25) is 0 Å². The average molecular weight is 385 g/mol. The minimum Gasteiger partial charge on any atom is -0.438 e. The number of nitrogens with zero attached hydrogens (tertiary/aromatic N) is 1. The second-order valence-corrected chi connectivity index (χ2v) is 6.55. The molecule has 0 aliphatic carbocycles. The number of hydrogen-bond acceptors (Lipinski definition) is 2. The van der Waals surface area contributed by atoms with E-state index in [1.165, 1.54) is 5.56 Å². The molecule has 0 fully saturated rings. The highest BCUT2D eigenvalue weighted by atomic mass is 79.9. The van der Waals surface area contributed by atoms with Crippen LogP contribution in [0.4, 0.5) is 0 Å². The third-order valence-corrected chi connectivity index (χ3v) is 3.72. The number of hydrogen-bond donors (Lipinski definition) is 0. The van der Waals surface area contributed by atoms with Crippen molar-refractivity contribution in [1.82, 2.24) is 4.98 Å². The number of aromatic nitrogens is 1. The first-order valence-corrected chi connectivity index (χ1v) is 7.65. The van der Waals surface area contributed by atoms with Gasteiger partial charge in [0.1, 0.15) is 5.75 Å². The largest absolute Gasteiger partial charge is 0.438 e. The van der Waals surface area contributed by atoms with Gasteiger partial charge in [-0.25, -0.2) is 4.98 Å². The van der Waals surface area contributed by atoms with Crippen molar-refractivity contribution in [2.45, 2.75) is 26.7 Å². The molecule has 0 spiro atoms. The van der Waals surface area contributed by atoms with Crippen LogP contribution in [0, 0.1) is 6.92 Å². The van der Waals surface area contributed by atoms with Crippen LogP contribution < -0.4 is 4.74 Å². The fraction of sp³-hybridized carbons (Fsp3) is 0.267. The number of benzene rings is 1. The second-order valence-electron chi connectivity index (χ2n) is 4.71. The molecule has 0 amide bonds. The Morgan fingerprint density at radius 1 is 1.11 bits per heavy atom. The van der Waals surface area contributed by atoms with Crippen LogP contribution in [-0.2, 0) is 0 Å². The van der Waals surface area contributed by atoms with Crippen LogP contribution >= 0.6 is 31.9 Å². The predicted octanol–water partition coefficient (Wildman–Crippen LogP) is 5.83. The van der Waals surface area contributed by atoms with E-state index in [2.05, 4.69) is 56.8 Å². The number of rotatable bonds is 3. The summed E-state index contributed by atoms with van der Waals surface area (Å²) in [4.78, 5) is 4.32. The fourth-order valence-corrected chi connectivity index (χ4v) is 2.63. The normalized spacial score (nSPS) is 10.8. The summed E-state index contributed by atoms with van der Waals surface area (Å²) in [5.74, 6) is 1.90. The van der Waals surface area contributed by atoms with Crippen LogP contribution in [0.25, 0.3) is 0 Å². The Labute approximate surface area is 130 Å². The first kappa shape index (κ1) is 14.5. The number of pyridine rings is 1. The van der Waals surface area contributed by atoms with E-state index in [1.807, 2.05) is 25.1 Å². The molecule has 1 heterocycles. The first-order valence-electron chi connectivity index (χ1n) is 6.07. The van der Waals surface area contributed by atoms with Gasteiger partial charge in [-0.15, -0.1) is 0 Å². The molecule has 4 heteroatoms. The van der Waals surface area contributed by atoms with Gasteiger partial charge in [-0.2, -0.15) is 0 Å². The highest BCUT2D eigenvalue weighted by Crippen LogP contribution is 2.33. The lowest BCUT2D eigenvalue weighted by molar-refractivity contribution is 0.450. The molecule has 0 saturated heterocycles. The Morgan fingerprint density at radius 3 is 2.47 bits per heavy atom. The Bertz CT molecular complexity index is 597. The van der Waals surface area contributed by atoms with E-state index in [0.717, 1.165) is 20.3 Å². The van der Waals surface area contributed by atoms with Gasteiger partial charge in [0.15, 0.2) is 0 Å². The van der Waals surface area contributed by atoms with Gasteiger partial charge in [-0.1, -0.05) is 29.8 Å². The summed E-state index contributed by atoms with van der Waals surface area (Å²) in [6.45, 7) is 6.29. The monoisotopic (exact) mass is 383 g/mol. The van der Waals surface area contributed by atoms with Crippen molar-refractivity contribution in [2.24, 2.45) is 0 Å². The summed E-state index contributed by atoms with van der Waals surface area (Å²) < 4.78 is 7.97. The van der Waals surface area contributed by atoms with E-state index < -0.39 is 0 Å². The van der Waals surface area contributed by atoms with Crippen LogP contribution in [0.15, 0.2) is 39.4 Å². The number of ether oxygens (including phenoxy) is 1. The van der Waals surface area contributed by atoms with E-state index in [9.17, 15) is 0 Å². The topological polar surface area (TPSA) is 22.1 Å². The maximum atomic E-state index is 5.96. The maximum absolute atomic E-state index is 5.96.